The van der Waals surface area contributed by atoms with Crippen LogP contribution < -0.4 is 0 Å². The Labute approximate surface area is 130 Å². The van der Waals surface area contributed by atoms with E-state index in [2.05, 4.69) is 11.7 Å². The van der Waals surface area contributed by atoms with Crippen LogP contribution in [0.5, 0.6) is 0 Å². The molecular formula is C16H23NO3S. The first kappa shape index (κ1) is 16.0. The summed E-state index contributed by atoms with van der Waals surface area (Å²) in [4.78, 5) is 27.5. The number of hydrogen-bond acceptors (Lipinski definition) is 4. The maximum absolute atomic E-state index is 12.5. The molecule has 116 valence electrons. The Balaban J connectivity index is 2.12. The van der Waals surface area contributed by atoms with Crippen molar-refractivity contribution < 1.29 is 14.3 Å². The molecule has 1 heterocycles. The van der Waals surface area contributed by atoms with Crippen molar-refractivity contribution in [3.63, 3.8) is 0 Å². The highest BCUT2D eigenvalue weighted by Gasteiger charge is 2.24. The summed E-state index contributed by atoms with van der Waals surface area (Å²) in [7, 11) is 1.34. The van der Waals surface area contributed by atoms with Crippen molar-refractivity contribution in [1.29, 1.82) is 0 Å². The van der Waals surface area contributed by atoms with Crippen molar-refractivity contribution in [3.05, 3.63) is 21.4 Å². The first-order valence-electron chi connectivity index (χ1n) is 7.56. The first-order chi connectivity index (χ1) is 10.1. The molecule has 1 aliphatic carbocycles. The molecule has 0 aliphatic heterocycles. The van der Waals surface area contributed by atoms with Crippen LogP contribution in [0.3, 0.4) is 0 Å². The SMILES string of the molecule is CCC1CCc2sc(C(=O)N(CC)CC(=O)OC)cc2C1. The van der Waals surface area contributed by atoms with Gasteiger partial charge in [0.15, 0.2) is 0 Å². The van der Waals surface area contributed by atoms with Gasteiger partial charge in [-0.1, -0.05) is 13.3 Å². The Morgan fingerprint density at radius 2 is 2.19 bits per heavy atom. The maximum atomic E-state index is 12.5. The fraction of sp³-hybridized carbons (Fsp3) is 0.625. The fourth-order valence-electron chi connectivity index (χ4n) is 2.76. The minimum Gasteiger partial charge on any atom is -0.468 e. The zero-order valence-electron chi connectivity index (χ0n) is 13.0. The number of esters is 1. The van der Waals surface area contributed by atoms with Crippen molar-refractivity contribution in [2.75, 3.05) is 20.2 Å². The van der Waals surface area contributed by atoms with Crippen molar-refractivity contribution in [1.82, 2.24) is 4.90 Å². The average molecular weight is 309 g/mol. The van der Waals surface area contributed by atoms with E-state index in [1.54, 1.807) is 16.2 Å². The van der Waals surface area contributed by atoms with Gasteiger partial charge in [0.05, 0.1) is 12.0 Å². The van der Waals surface area contributed by atoms with Gasteiger partial charge in [-0.15, -0.1) is 11.3 Å². The van der Waals surface area contributed by atoms with Gasteiger partial charge in [0.2, 0.25) is 0 Å². The zero-order valence-corrected chi connectivity index (χ0v) is 13.8. The molecule has 0 saturated carbocycles. The number of rotatable bonds is 5. The lowest BCUT2D eigenvalue weighted by molar-refractivity contribution is -0.141. The van der Waals surface area contributed by atoms with E-state index >= 15 is 0 Å². The van der Waals surface area contributed by atoms with Gasteiger partial charge in [0.25, 0.3) is 5.91 Å². The standard InChI is InChI=1S/C16H23NO3S/c1-4-11-6-7-13-12(8-11)9-14(21-13)16(19)17(5-2)10-15(18)20-3/h9,11H,4-8,10H2,1-3H3. The number of ether oxygens (including phenoxy) is 1. The highest BCUT2D eigenvalue weighted by atomic mass is 32.1. The van der Waals surface area contributed by atoms with Gasteiger partial charge in [-0.25, -0.2) is 0 Å². The summed E-state index contributed by atoms with van der Waals surface area (Å²) >= 11 is 1.59. The molecule has 0 saturated heterocycles. The highest BCUT2D eigenvalue weighted by Crippen LogP contribution is 2.34. The van der Waals surface area contributed by atoms with Crippen molar-refractivity contribution in [2.24, 2.45) is 5.92 Å². The summed E-state index contributed by atoms with van der Waals surface area (Å²) in [5.74, 6) is 0.306. The van der Waals surface area contributed by atoms with Gasteiger partial charge in [-0.05, 0) is 43.7 Å². The molecule has 0 fully saturated rings. The van der Waals surface area contributed by atoms with Crippen molar-refractivity contribution in [3.8, 4) is 0 Å². The number of carbonyl (C=O) groups excluding carboxylic acids is 2. The molecule has 1 aromatic rings. The smallest absolute Gasteiger partial charge is 0.325 e. The van der Waals surface area contributed by atoms with E-state index in [0.717, 1.165) is 23.6 Å². The molecule has 0 bridgehead atoms. The summed E-state index contributed by atoms with van der Waals surface area (Å²) in [5.41, 5.74) is 1.33. The van der Waals surface area contributed by atoms with Crippen LogP contribution in [0.25, 0.3) is 0 Å². The molecule has 1 unspecified atom stereocenters. The molecule has 21 heavy (non-hydrogen) atoms. The maximum Gasteiger partial charge on any atom is 0.325 e. The number of likely N-dealkylation sites (N-methyl/N-ethyl adjacent to an activating group) is 1. The summed E-state index contributed by atoms with van der Waals surface area (Å²) in [6, 6.07) is 2.03. The number of amides is 1. The van der Waals surface area contributed by atoms with Crippen LogP contribution in [0.4, 0.5) is 0 Å². The molecule has 0 N–H and O–H groups in total. The molecule has 0 aromatic carbocycles. The van der Waals surface area contributed by atoms with Gasteiger partial charge < -0.3 is 9.64 Å². The third-order valence-electron chi connectivity index (χ3n) is 4.19. The van der Waals surface area contributed by atoms with E-state index in [9.17, 15) is 9.59 Å². The monoisotopic (exact) mass is 309 g/mol. The van der Waals surface area contributed by atoms with Gasteiger partial charge in [-0.3, -0.25) is 9.59 Å². The number of nitrogens with zero attached hydrogens (tertiary/aromatic N) is 1. The molecule has 1 aromatic heterocycles. The number of thiophene rings is 1. The van der Waals surface area contributed by atoms with E-state index in [-0.39, 0.29) is 18.4 Å². The number of hydrogen-bond donors (Lipinski definition) is 0. The molecule has 4 nitrogen and oxygen atoms in total. The average Bonchev–Trinajstić information content (AvgIpc) is 2.94. The van der Waals surface area contributed by atoms with Crippen LogP contribution in [-0.2, 0) is 22.4 Å². The summed E-state index contributed by atoms with van der Waals surface area (Å²) in [6.07, 6.45) is 4.58. The number of aryl methyl sites for hydroxylation is 1. The van der Waals surface area contributed by atoms with E-state index in [0.29, 0.717) is 6.54 Å². The molecule has 1 aliphatic rings. The third kappa shape index (κ3) is 3.64. The first-order valence-corrected chi connectivity index (χ1v) is 8.38. The van der Waals surface area contributed by atoms with Crippen molar-refractivity contribution in [2.45, 2.75) is 39.5 Å². The number of carbonyl (C=O) groups is 2. The van der Waals surface area contributed by atoms with Crippen LogP contribution in [0.1, 0.15) is 46.8 Å². The second-order valence-electron chi connectivity index (χ2n) is 5.47. The Morgan fingerprint density at radius 1 is 1.43 bits per heavy atom. The fourth-order valence-corrected chi connectivity index (χ4v) is 3.93. The lowest BCUT2D eigenvalue weighted by Gasteiger charge is -2.19. The van der Waals surface area contributed by atoms with E-state index in [4.69, 9.17) is 0 Å². The summed E-state index contributed by atoms with van der Waals surface area (Å²) in [6.45, 7) is 4.63. The predicted molar refractivity (Wildman–Crippen MR) is 83.7 cm³/mol. The predicted octanol–water partition coefficient (Wildman–Crippen LogP) is 2.90. The van der Waals surface area contributed by atoms with E-state index in [1.165, 1.54) is 30.4 Å². The second-order valence-corrected chi connectivity index (χ2v) is 6.61. The quantitative estimate of drug-likeness (QED) is 0.786. The van der Waals surface area contributed by atoms with E-state index < -0.39 is 0 Å². The van der Waals surface area contributed by atoms with Gasteiger partial charge in [0.1, 0.15) is 6.54 Å². The molecule has 2 rings (SSSR count). The van der Waals surface area contributed by atoms with Gasteiger partial charge in [0, 0.05) is 11.4 Å². The van der Waals surface area contributed by atoms with Crippen LogP contribution in [0, 0.1) is 5.92 Å². The second kappa shape index (κ2) is 7.07. The Bertz CT molecular complexity index is 524. The zero-order chi connectivity index (χ0) is 15.4. The largest absolute Gasteiger partial charge is 0.468 e. The lowest BCUT2D eigenvalue weighted by atomic mass is 9.87. The number of methoxy groups -OCH3 is 1. The minimum absolute atomic E-state index is 0.0198. The Hall–Kier alpha value is -1.36. The lowest BCUT2D eigenvalue weighted by Crippen LogP contribution is -2.35. The molecule has 0 spiro atoms. The number of fused-ring (bicyclic) bond motifs is 1. The summed E-state index contributed by atoms with van der Waals surface area (Å²) in [5, 5.41) is 0. The highest BCUT2D eigenvalue weighted by molar-refractivity contribution is 7.14. The Kier molecular flexibility index (Phi) is 5.39. The van der Waals surface area contributed by atoms with E-state index in [1.807, 2.05) is 13.0 Å². The minimum atomic E-state index is -0.377. The van der Waals surface area contributed by atoms with Crippen LogP contribution in [-0.4, -0.2) is 37.0 Å². The topological polar surface area (TPSA) is 46.6 Å². The third-order valence-corrected chi connectivity index (χ3v) is 5.41. The van der Waals surface area contributed by atoms with Crippen molar-refractivity contribution >= 4 is 23.2 Å². The Morgan fingerprint density at radius 3 is 2.81 bits per heavy atom. The normalized spacial score (nSPS) is 17.2. The molecule has 5 heteroatoms. The molecule has 1 amide bonds. The summed E-state index contributed by atoms with van der Waals surface area (Å²) < 4.78 is 4.65. The van der Waals surface area contributed by atoms with Crippen LogP contribution in [0.15, 0.2) is 6.07 Å². The molecule has 1 atom stereocenters. The van der Waals surface area contributed by atoms with Crippen LogP contribution >= 0.6 is 11.3 Å². The molecule has 0 radical (unpaired) electrons. The van der Waals surface area contributed by atoms with Gasteiger partial charge >= 0.3 is 5.97 Å². The van der Waals surface area contributed by atoms with Crippen LogP contribution in [0.2, 0.25) is 0 Å². The van der Waals surface area contributed by atoms with Gasteiger partial charge in [-0.2, -0.15) is 0 Å². The molecular weight excluding hydrogens is 286 g/mol.